The van der Waals surface area contributed by atoms with Gasteiger partial charge in [0, 0.05) is 31.8 Å². The van der Waals surface area contributed by atoms with E-state index >= 15 is 0 Å². The van der Waals surface area contributed by atoms with Gasteiger partial charge in [-0.1, -0.05) is 0 Å². The number of amides is 1. The van der Waals surface area contributed by atoms with Crippen molar-refractivity contribution in [2.24, 2.45) is 14.1 Å². The Morgan fingerprint density at radius 1 is 1.15 bits per heavy atom. The van der Waals surface area contributed by atoms with Crippen LogP contribution >= 0.6 is 11.3 Å². The Morgan fingerprint density at radius 3 is 2.61 bits per heavy atom. The molecule has 0 spiro atoms. The van der Waals surface area contributed by atoms with Crippen molar-refractivity contribution in [2.45, 2.75) is 32.5 Å². The summed E-state index contributed by atoms with van der Waals surface area (Å²) in [6.45, 7) is 4.24. The lowest BCUT2D eigenvalue weighted by molar-refractivity contribution is -0.141. The van der Waals surface area contributed by atoms with Crippen molar-refractivity contribution in [1.82, 2.24) is 29.4 Å². The molecule has 7 nitrogen and oxygen atoms in total. The van der Waals surface area contributed by atoms with Crippen molar-refractivity contribution < 1.29 is 18.0 Å². The number of aryl methyl sites for hydroxylation is 3. The second-order valence-corrected chi connectivity index (χ2v) is 9.17. The summed E-state index contributed by atoms with van der Waals surface area (Å²) < 4.78 is 43.3. The summed E-state index contributed by atoms with van der Waals surface area (Å²) >= 11 is 1.49. The molecule has 1 aliphatic heterocycles. The highest BCUT2D eigenvalue weighted by Crippen LogP contribution is 2.38. The van der Waals surface area contributed by atoms with E-state index in [0.717, 1.165) is 27.4 Å². The Labute approximate surface area is 191 Å². The number of hydrogen-bond donors (Lipinski definition) is 0. The second-order valence-electron chi connectivity index (χ2n) is 8.28. The van der Waals surface area contributed by atoms with Crippen LogP contribution < -0.4 is 0 Å². The molecular formula is C22H21F3N6OS. The van der Waals surface area contributed by atoms with Crippen LogP contribution in [0.1, 0.15) is 45.8 Å². The highest BCUT2D eigenvalue weighted by atomic mass is 32.1. The molecule has 0 N–H and O–H groups in total. The maximum absolute atomic E-state index is 13.5. The zero-order chi connectivity index (χ0) is 23.7. The summed E-state index contributed by atoms with van der Waals surface area (Å²) in [5.41, 5.74) is 5.64. The average molecular weight is 475 g/mol. The molecule has 33 heavy (non-hydrogen) atoms. The third kappa shape index (κ3) is 3.41. The molecule has 0 radical (unpaired) electrons. The molecule has 4 heterocycles. The van der Waals surface area contributed by atoms with E-state index in [2.05, 4.69) is 15.2 Å². The predicted octanol–water partition coefficient (Wildman–Crippen LogP) is 4.52. The van der Waals surface area contributed by atoms with Gasteiger partial charge in [-0.25, -0.2) is 4.98 Å². The molecule has 0 aliphatic carbocycles. The van der Waals surface area contributed by atoms with Crippen molar-refractivity contribution >= 4 is 27.5 Å². The molecule has 0 saturated heterocycles. The highest BCUT2D eigenvalue weighted by Gasteiger charge is 2.37. The Balaban J connectivity index is 1.52. The van der Waals surface area contributed by atoms with Gasteiger partial charge in [0.05, 0.1) is 38.9 Å². The Bertz CT molecular complexity index is 1400. The van der Waals surface area contributed by atoms with Crippen LogP contribution in [0.3, 0.4) is 0 Å². The van der Waals surface area contributed by atoms with Crippen molar-refractivity contribution in [3.05, 3.63) is 51.8 Å². The van der Waals surface area contributed by atoms with Gasteiger partial charge < -0.3 is 4.90 Å². The van der Waals surface area contributed by atoms with Crippen LogP contribution in [0, 0.1) is 6.92 Å². The molecule has 0 saturated carbocycles. The number of fused-ring (bicyclic) bond motifs is 2. The number of hydrogen-bond acceptors (Lipinski definition) is 5. The first-order valence-corrected chi connectivity index (χ1v) is 11.3. The summed E-state index contributed by atoms with van der Waals surface area (Å²) in [7, 11) is 3.19. The molecular weight excluding hydrogens is 453 g/mol. The van der Waals surface area contributed by atoms with Crippen molar-refractivity contribution in [2.75, 3.05) is 6.54 Å². The fourth-order valence-corrected chi connectivity index (χ4v) is 5.26. The standard InChI is InChI=1S/C22H21F3N6OS/c1-11-7-15-17(33-10-26-15)8-14(11)21(32)31-6-5-13-19(12(31)2)28-30(4)20(13)16-9-18(22(23,24)25)27-29(16)3/h7-10,12H,5-6H2,1-4H3. The number of halogens is 3. The van der Waals surface area contributed by atoms with Gasteiger partial charge in [-0.15, -0.1) is 11.3 Å². The quantitative estimate of drug-likeness (QED) is 0.429. The average Bonchev–Trinajstić information content (AvgIpc) is 3.43. The molecule has 172 valence electrons. The van der Waals surface area contributed by atoms with Gasteiger partial charge in [-0.2, -0.15) is 23.4 Å². The SMILES string of the molecule is Cc1cc2ncsc2cc1C(=O)N1CCc2c(nn(C)c2-c2cc(C(F)(F)F)nn2C)C1C. The number of thiazole rings is 1. The van der Waals surface area contributed by atoms with Crippen LogP contribution in [0.4, 0.5) is 13.2 Å². The Morgan fingerprint density at radius 2 is 1.91 bits per heavy atom. The fraction of sp³-hybridized carbons (Fsp3) is 0.364. The molecule has 5 rings (SSSR count). The van der Waals surface area contributed by atoms with Gasteiger partial charge >= 0.3 is 6.18 Å². The summed E-state index contributed by atoms with van der Waals surface area (Å²) in [5.74, 6) is -0.0898. The molecule has 11 heteroatoms. The summed E-state index contributed by atoms with van der Waals surface area (Å²) in [6, 6.07) is 4.52. The van der Waals surface area contributed by atoms with Crippen molar-refractivity contribution in [3.63, 3.8) is 0 Å². The van der Waals surface area contributed by atoms with E-state index in [1.165, 1.54) is 23.1 Å². The van der Waals surface area contributed by atoms with Gasteiger partial charge in [-0.05, 0) is 44.0 Å². The first-order valence-electron chi connectivity index (χ1n) is 10.4. The minimum Gasteiger partial charge on any atom is -0.330 e. The highest BCUT2D eigenvalue weighted by molar-refractivity contribution is 7.16. The summed E-state index contributed by atoms with van der Waals surface area (Å²) in [6.07, 6.45) is -4.04. The van der Waals surface area contributed by atoms with E-state index in [1.807, 2.05) is 26.0 Å². The third-order valence-electron chi connectivity index (χ3n) is 6.22. The Hall–Kier alpha value is -3.21. The lowest BCUT2D eigenvalue weighted by atomic mass is 9.96. The Kier molecular flexibility index (Phi) is 4.85. The van der Waals surface area contributed by atoms with Gasteiger partial charge in [0.25, 0.3) is 5.91 Å². The van der Waals surface area contributed by atoms with Gasteiger partial charge in [0.2, 0.25) is 0 Å². The van der Waals surface area contributed by atoms with E-state index in [9.17, 15) is 18.0 Å². The van der Waals surface area contributed by atoms with Crippen LogP contribution in [0.25, 0.3) is 21.6 Å². The van der Waals surface area contributed by atoms with Gasteiger partial charge in [0.1, 0.15) is 0 Å². The molecule has 0 bridgehead atoms. The lowest BCUT2D eigenvalue weighted by Crippen LogP contribution is -2.39. The maximum atomic E-state index is 13.5. The van der Waals surface area contributed by atoms with E-state index in [1.54, 1.807) is 22.1 Å². The van der Waals surface area contributed by atoms with Crippen molar-refractivity contribution in [1.29, 1.82) is 0 Å². The summed E-state index contributed by atoms with van der Waals surface area (Å²) in [4.78, 5) is 19.6. The number of benzene rings is 1. The monoisotopic (exact) mass is 474 g/mol. The first kappa shape index (κ1) is 21.6. The smallest absolute Gasteiger partial charge is 0.330 e. The zero-order valence-electron chi connectivity index (χ0n) is 18.4. The number of nitrogens with zero attached hydrogens (tertiary/aromatic N) is 6. The zero-order valence-corrected chi connectivity index (χ0v) is 19.3. The number of aromatic nitrogens is 5. The van der Waals surface area contributed by atoms with Gasteiger partial charge in [0.15, 0.2) is 5.69 Å². The lowest BCUT2D eigenvalue weighted by Gasteiger charge is -2.33. The maximum Gasteiger partial charge on any atom is 0.435 e. The molecule has 1 aromatic carbocycles. The molecule has 0 fully saturated rings. The molecule has 1 amide bonds. The van der Waals surface area contributed by atoms with E-state index in [0.29, 0.717) is 35.6 Å². The van der Waals surface area contributed by atoms with E-state index < -0.39 is 11.9 Å². The number of carbonyl (C=O) groups is 1. The van der Waals surface area contributed by atoms with Gasteiger partial charge in [-0.3, -0.25) is 14.2 Å². The normalized spacial score (nSPS) is 16.5. The topological polar surface area (TPSA) is 68.8 Å². The molecule has 4 aromatic rings. The van der Waals surface area contributed by atoms with Crippen molar-refractivity contribution in [3.8, 4) is 11.4 Å². The fourth-order valence-electron chi connectivity index (χ4n) is 4.56. The predicted molar refractivity (Wildman–Crippen MR) is 118 cm³/mol. The van der Waals surface area contributed by atoms with E-state index in [4.69, 9.17) is 0 Å². The molecule has 1 aliphatic rings. The molecule has 3 aromatic heterocycles. The minimum absolute atomic E-state index is 0.0898. The van der Waals surface area contributed by atoms with Crippen LogP contribution in [0.5, 0.6) is 0 Å². The molecule has 1 atom stereocenters. The van der Waals surface area contributed by atoms with Crippen LogP contribution in [0.15, 0.2) is 23.7 Å². The van der Waals surface area contributed by atoms with Crippen LogP contribution in [-0.4, -0.2) is 41.9 Å². The largest absolute Gasteiger partial charge is 0.435 e. The summed E-state index contributed by atoms with van der Waals surface area (Å²) in [5, 5.41) is 8.25. The first-order chi connectivity index (χ1) is 15.6. The van der Waals surface area contributed by atoms with Crippen LogP contribution in [-0.2, 0) is 26.7 Å². The number of carbonyl (C=O) groups excluding carboxylic acids is 1. The van der Waals surface area contributed by atoms with Crippen LogP contribution in [0.2, 0.25) is 0 Å². The minimum atomic E-state index is -4.53. The number of alkyl halides is 3. The number of rotatable bonds is 2. The molecule has 1 unspecified atom stereocenters. The second kappa shape index (κ2) is 7.41. The third-order valence-corrected chi connectivity index (χ3v) is 7.02. The van der Waals surface area contributed by atoms with E-state index in [-0.39, 0.29) is 11.9 Å².